The molecule has 0 bridgehead atoms. The van der Waals surface area contributed by atoms with Crippen LogP contribution in [-0.4, -0.2) is 56.5 Å². The van der Waals surface area contributed by atoms with E-state index in [1.807, 2.05) is 26.0 Å². The number of carboxylic acids is 1. The Morgan fingerprint density at radius 1 is 1.13 bits per heavy atom. The largest absolute Gasteiger partial charge is 0.483 e. The second-order valence-corrected chi connectivity index (χ2v) is 9.58. The number of ether oxygens (including phenoxy) is 2. The predicted molar refractivity (Wildman–Crippen MR) is 138 cm³/mol. The zero-order valence-electron chi connectivity index (χ0n) is 20.8. The number of rotatable bonds is 7. The summed E-state index contributed by atoms with van der Waals surface area (Å²) < 4.78 is 17.5. The molecular weight excluding hydrogens is 512 g/mol. The van der Waals surface area contributed by atoms with Crippen molar-refractivity contribution in [1.29, 1.82) is 0 Å². The standard InChI is InChI=1S/C27H25ClN4O6/c1-15-10-18(11-16(2)23(15)36-14-22(33)32-8-6-17(7-9-32)26(34)35)24-30-21-13-29-27(31-25(21)38-24)37-20-5-3-4-19(28)12-20/h3-5,10-13,17H,6-9,14H2,1-2H3,(H,34,35). The summed E-state index contributed by atoms with van der Waals surface area (Å²) >= 11 is 6.00. The first-order valence-corrected chi connectivity index (χ1v) is 12.5. The fourth-order valence-corrected chi connectivity index (χ4v) is 4.61. The first-order chi connectivity index (χ1) is 18.3. The van der Waals surface area contributed by atoms with Gasteiger partial charge in [-0.05, 0) is 68.1 Å². The lowest BCUT2D eigenvalue weighted by Crippen LogP contribution is -2.42. The van der Waals surface area contributed by atoms with Crippen molar-refractivity contribution >= 4 is 34.7 Å². The van der Waals surface area contributed by atoms with Crippen molar-refractivity contribution in [2.75, 3.05) is 19.7 Å². The highest BCUT2D eigenvalue weighted by molar-refractivity contribution is 6.30. The number of carboxylic acid groups (broad SMARTS) is 1. The number of hydrogen-bond acceptors (Lipinski definition) is 8. The van der Waals surface area contributed by atoms with Gasteiger partial charge in [0.15, 0.2) is 6.61 Å². The third-order valence-electron chi connectivity index (χ3n) is 6.38. The van der Waals surface area contributed by atoms with E-state index in [0.717, 1.165) is 16.7 Å². The highest BCUT2D eigenvalue weighted by Crippen LogP contribution is 2.32. The Hall–Kier alpha value is -4.18. The zero-order valence-corrected chi connectivity index (χ0v) is 21.6. The van der Waals surface area contributed by atoms with Crippen LogP contribution >= 0.6 is 11.6 Å². The second kappa shape index (κ2) is 10.7. The van der Waals surface area contributed by atoms with E-state index in [9.17, 15) is 9.59 Å². The number of aryl methyl sites for hydroxylation is 2. The summed E-state index contributed by atoms with van der Waals surface area (Å²) in [6.07, 6.45) is 2.44. The fourth-order valence-electron chi connectivity index (χ4n) is 4.43. The van der Waals surface area contributed by atoms with Gasteiger partial charge >= 0.3 is 12.0 Å². The van der Waals surface area contributed by atoms with Crippen LogP contribution in [0.3, 0.4) is 0 Å². The molecule has 0 saturated carbocycles. The molecule has 11 heteroatoms. The molecule has 0 spiro atoms. The third kappa shape index (κ3) is 5.55. The minimum atomic E-state index is -0.808. The summed E-state index contributed by atoms with van der Waals surface area (Å²) in [5, 5.41) is 9.68. The van der Waals surface area contributed by atoms with Crippen LogP contribution in [0.5, 0.6) is 17.5 Å². The number of oxazole rings is 1. The molecule has 0 aliphatic carbocycles. The van der Waals surface area contributed by atoms with E-state index in [-0.39, 0.29) is 24.2 Å². The second-order valence-electron chi connectivity index (χ2n) is 9.14. The van der Waals surface area contributed by atoms with Crippen LogP contribution in [0.15, 0.2) is 47.0 Å². The van der Waals surface area contributed by atoms with Gasteiger partial charge in [-0.25, -0.2) is 9.97 Å². The van der Waals surface area contributed by atoms with Crippen LogP contribution in [0.25, 0.3) is 22.7 Å². The van der Waals surface area contributed by atoms with Crippen molar-refractivity contribution < 1.29 is 28.6 Å². The van der Waals surface area contributed by atoms with Crippen molar-refractivity contribution in [2.24, 2.45) is 5.92 Å². The monoisotopic (exact) mass is 536 g/mol. The Kier molecular flexibility index (Phi) is 7.15. The fraction of sp³-hybridized carbons (Fsp3) is 0.296. The van der Waals surface area contributed by atoms with E-state index < -0.39 is 11.9 Å². The van der Waals surface area contributed by atoms with Gasteiger partial charge in [0.1, 0.15) is 17.0 Å². The molecular formula is C27H25ClN4O6. The quantitative estimate of drug-likeness (QED) is 0.345. The number of carbonyl (C=O) groups is 2. The molecule has 0 unspecified atom stereocenters. The molecule has 1 aliphatic heterocycles. The summed E-state index contributed by atoms with van der Waals surface area (Å²) in [7, 11) is 0. The van der Waals surface area contributed by atoms with Gasteiger partial charge in [0.05, 0.1) is 12.1 Å². The number of halogens is 1. The molecule has 1 N–H and O–H groups in total. The molecule has 0 radical (unpaired) electrons. The Morgan fingerprint density at radius 2 is 1.87 bits per heavy atom. The number of nitrogens with zero attached hydrogens (tertiary/aromatic N) is 4. The molecule has 5 rings (SSSR count). The van der Waals surface area contributed by atoms with Gasteiger partial charge in [-0.15, -0.1) is 0 Å². The van der Waals surface area contributed by atoms with E-state index >= 15 is 0 Å². The van der Waals surface area contributed by atoms with Crippen LogP contribution < -0.4 is 9.47 Å². The smallest absolute Gasteiger partial charge is 0.325 e. The minimum absolute atomic E-state index is 0.107. The van der Waals surface area contributed by atoms with Gasteiger partial charge in [-0.2, -0.15) is 4.98 Å². The first kappa shape index (κ1) is 25.5. The normalized spacial score (nSPS) is 14.0. The van der Waals surface area contributed by atoms with E-state index in [1.54, 1.807) is 29.2 Å². The number of aromatic nitrogens is 3. The Balaban J connectivity index is 1.27. The lowest BCUT2D eigenvalue weighted by Gasteiger charge is -2.30. The van der Waals surface area contributed by atoms with Crippen LogP contribution in [0.2, 0.25) is 5.02 Å². The molecule has 1 amide bonds. The van der Waals surface area contributed by atoms with Gasteiger partial charge in [-0.1, -0.05) is 17.7 Å². The molecule has 38 heavy (non-hydrogen) atoms. The maximum Gasteiger partial charge on any atom is 0.325 e. The predicted octanol–water partition coefficient (Wildman–Crippen LogP) is 5.05. The zero-order chi connectivity index (χ0) is 26.8. The highest BCUT2D eigenvalue weighted by atomic mass is 35.5. The van der Waals surface area contributed by atoms with Crippen LogP contribution in [-0.2, 0) is 9.59 Å². The maximum atomic E-state index is 12.6. The van der Waals surface area contributed by atoms with Gasteiger partial charge in [0.2, 0.25) is 5.89 Å². The van der Waals surface area contributed by atoms with Gasteiger partial charge in [-0.3, -0.25) is 9.59 Å². The van der Waals surface area contributed by atoms with E-state index in [1.165, 1.54) is 6.20 Å². The minimum Gasteiger partial charge on any atom is -0.483 e. The molecule has 1 saturated heterocycles. The van der Waals surface area contributed by atoms with Crippen molar-refractivity contribution in [3.63, 3.8) is 0 Å². The van der Waals surface area contributed by atoms with Crippen molar-refractivity contribution in [2.45, 2.75) is 26.7 Å². The lowest BCUT2D eigenvalue weighted by molar-refractivity contribution is -0.146. The third-order valence-corrected chi connectivity index (χ3v) is 6.61. The Labute approximate surface area is 223 Å². The van der Waals surface area contributed by atoms with Crippen LogP contribution in [0.1, 0.15) is 24.0 Å². The van der Waals surface area contributed by atoms with E-state index in [0.29, 0.717) is 53.9 Å². The Morgan fingerprint density at radius 3 is 2.55 bits per heavy atom. The molecule has 10 nitrogen and oxygen atoms in total. The van der Waals surface area contributed by atoms with Gasteiger partial charge < -0.3 is 23.9 Å². The van der Waals surface area contributed by atoms with Crippen molar-refractivity contribution in [3.8, 4) is 29.0 Å². The molecule has 196 valence electrons. The molecule has 1 fully saturated rings. The van der Waals surface area contributed by atoms with Crippen LogP contribution in [0, 0.1) is 19.8 Å². The molecule has 4 aromatic rings. The average molecular weight is 537 g/mol. The van der Waals surface area contributed by atoms with E-state index in [2.05, 4.69) is 15.0 Å². The van der Waals surface area contributed by atoms with Crippen molar-refractivity contribution in [1.82, 2.24) is 19.9 Å². The highest BCUT2D eigenvalue weighted by Gasteiger charge is 2.27. The van der Waals surface area contributed by atoms with Gasteiger partial charge in [0, 0.05) is 23.7 Å². The summed E-state index contributed by atoms with van der Waals surface area (Å²) in [5.41, 5.74) is 3.11. The number of benzene rings is 2. The maximum absolute atomic E-state index is 12.6. The average Bonchev–Trinajstić information content (AvgIpc) is 3.31. The van der Waals surface area contributed by atoms with E-state index in [4.69, 9.17) is 30.6 Å². The number of amides is 1. The summed E-state index contributed by atoms with van der Waals surface area (Å²) in [6.45, 7) is 4.49. The van der Waals surface area contributed by atoms with Crippen molar-refractivity contribution in [3.05, 3.63) is 58.7 Å². The summed E-state index contributed by atoms with van der Waals surface area (Å²) in [6, 6.07) is 10.8. The number of aliphatic carboxylic acids is 1. The molecule has 3 heterocycles. The molecule has 0 atom stereocenters. The first-order valence-electron chi connectivity index (χ1n) is 12.1. The SMILES string of the molecule is Cc1cc(-c2nc3cnc(Oc4cccc(Cl)c4)nc3o2)cc(C)c1OCC(=O)N1CCC(C(=O)O)CC1. The summed E-state index contributed by atoms with van der Waals surface area (Å²) in [5.74, 6) is 0.112. The molecule has 2 aromatic carbocycles. The van der Waals surface area contributed by atoms with Crippen LogP contribution in [0.4, 0.5) is 0 Å². The number of piperidine rings is 1. The molecule has 2 aromatic heterocycles. The molecule has 1 aliphatic rings. The number of hydrogen-bond donors (Lipinski definition) is 1. The topological polar surface area (TPSA) is 128 Å². The number of likely N-dealkylation sites (tertiary alicyclic amines) is 1. The Bertz CT molecular complexity index is 1490. The number of carbonyl (C=O) groups excluding carboxylic acids is 1. The summed E-state index contributed by atoms with van der Waals surface area (Å²) in [4.78, 5) is 38.4. The number of fused-ring (bicyclic) bond motifs is 1. The van der Waals surface area contributed by atoms with Gasteiger partial charge in [0.25, 0.3) is 11.6 Å². The lowest BCUT2D eigenvalue weighted by atomic mass is 9.97.